The number of carboxylic acids is 1. The minimum absolute atomic E-state index is 0.499. The molecule has 0 spiro atoms. The highest BCUT2D eigenvalue weighted by Crippen LogP contribution is 2.27. The molecule has 0 aromatic carbocycles. The number of carboxylic acid groups (broad SMARTS) is 1. The summed E-state index contributed by atoms with van der Waals surface area (Å²) in [5.41, 5.74) is -0.0987. The van der Waals surface area contributed by atoms with E-state index < -0.39 is 17.5 Å². The number of aromatic nitrogens is 1. The standard InChI is InChI=1S/C8H7F2NO2/c1-5-2-6(4-11-3-5)8(9,10)7(12)13/h2-4H,1H3,(H,12,13). The molecule has 1 aromatic rings. The SMILES string of the molecule is Cc1cncc(C(F)(F)C(=O)O)c1. The summed E-state index contributed by atoms with van der Waals surface area (Å²) in [5.74, 6) is -6.03. The summed E-state index contributed by atoms with van der Waals surface area (Å²) in [4.78, 5) is 13.6. The molecule has 1 heterocycles. The van der Waals surface area contributed by atoms with Gasteiger partial charge in [-0.1, -0.05) is 0 Å². The Morgan fingerprint density at radius 1 is 1.54 bits per heavy atom. The molecule has 5 heteroatoms. The zero-order chi connectivity index (χ0) is 10.1. The third-order valence-corrected chi connectivity index (χ3v) is 1.51. The monoisotopic (exact) mass is 187 g/mol. The molecule has 1 rings (SSSR count). The first-order valence-corrected chi connectivity index (χ1v) is 3.48. The summed E-state index contributed by atoms with van der Waals surface area (Å²) >= 11 is 0. The van der Waals surface area contributed by atoms with Crippen molar-refractivity contribution in [3.63, 3.8) is 0 Å². The van der Waals surface area contributed by atoms with Crippen LogP contribution in [0.25, 0.3) is 0 Å². The largest absolute Gasteiger partial charge is 0.477 e. The number of pyridine rings is 1. The van der Waals surface area contributed by atoms with Crippen molar-refractivity contribution in [1.29, 1.82) is 0 Å². The third-order valence-electron chi connectivity index (χ3n) is 1.51. The predicted octanol–water partition coefficient (Wildman–Crippen LogP) is 1.57. The van der Waals surface area contributed by atoms with Crippen LogP contribution in [0, 0.1) is 6.92 Å². The van der Waals surface area contributed by atoms with Gasteiger partial charge in [0.1, 0.15) is 0 Å². The molecule has 0 saturated heterocycles. The average molecular weight is 187 g/mol. The maximum absolute atomic E-state index is 12.8. The molecule has 0 saturated carbocycles. The average Bonchev–Trinajstić information content (AvgIpc) is 2.04. The molecule has 0 amide bonds. The molecule has 1 N–H and O–H groups in total. The molecule has 3 nitrogen and oxygen atoms in total. The Balaban J connectivity index is 3.14. The van der Waals surface area contributed by atoms with E-state index in [1.807, 2.05) is 0 Å². The van der Waals surface area contributed by atoms with E-state index in [9.17, 15) is 13.6 Å². The number of alkyl halides is 2. The molecule has 70 valence electrons. The number of carbonyl (C=O) groups is 1. The van der Waals surface area contributed by atoms with Gasteiger partial charge in [-0.25, -0.2) is 4.79 Å². The van der Waals surface area contributed by atoms with E-state index in [0.29, 0.717) is 5.56 Å². The summed E-state index contributed by atoms with van der Waals surface area (Å²) < 4.78 is 25.6. The van der Waals surface area contributed by atoms with Crippen molar-refractivity contribution in [3.8, 4) is 0 Å². The first-order valence-electron chi connectivity index (χ1n) is 3.48. The van der Waals surface area contributed by atoms with E-state index in [4.69, 9.17) is 5.11 Å². The Kier molecular flexibility index (Phi) is 2.27. The number of rotatable bonds is 2. The lowest BCUT2D eigenvalue weighted by Crippen LogP contribution is -2.25. The van der Waals surface area contributed by atoms with Crippen LogP contribution in [-0.4, -0.2) is 16.1 Å². The number of aliphatic carboxylic acids is 1. The van der Waals surface area contributed by atoms with Crippen molar-refractivity contribution in [2.24, 2.45) is 0 Å². The van der Waals surface area contributed by atoms with Gasteiger partial charge in [0, 0.05) is 12.4 Å². The van der Waals surface area contributed by atoms with Gasteiger partial charge in [-0.2, -0.15) is 8.78 Å². The molecule has 13 heavy (non-hydrogen) atoms. The van der Waals surface area contributed by atoms with Gasteiger partial charge in [0.2, 0.25) is 0 Å². The lowest BCUT2D eigenvalue weighted by Gasteiger charge is -2.10. The highest BCUT2D eigenvalue weighted by Gasteiger charge is 2.41. The minimum atomic E-state index is -3.86. The van der Waals surface area contributed by atoms with E-state index in [1.54, 1.807) is 6.92 Å². The summed E-state index contributed by atoms with van der Waals surface area (Å²) in [7, 11) is 0. The highest BCUT2D eigenvalue weighted by atomic mass is 19.3. The molecular weight excluding hydrogens is 180 g/mol. The number of hydrogen-bond acceptors (Lipinski definition) is 2. The summed E-state index contributed by atoms with van der Waals surface area (Å²) in [6, 6.07) is 1.10. The van der Waals surface area contributed by atoms with Crippen LogP contribution in [0.3, 0.4) is 0 Å². The Labute approximate surface area is 73.0 Å². The van der Waals surface area contributed by atoms with E-state index in [1.165, 1.54) is 6.20 Å². The molecule has 0 radical (unpaired) electrons. The molecule has 1 aromatic heterocycles. The maximum Gasteiger partial charge on any atom is 0.379 e. The van der Waals surface area contributed by atoms with Crippen LogP contribution in [0.1, 0.15) is 11.1 Å². The second-order valence-electron chi connectivity index (χ2n) is 2.63. The van der Waals surface area contributed by atoms with Gasteiger partial charge in [0.15, 0.2) is 0 Å². The lowest BCUT2D eigenvalue weighted by atomic mass is 10.1. The smallest absolute Gasteiger partial charge is 0.379 e. The van der Waals surface area contributed by atoms with Gasteiger partial charge in [0.05, 0.1) is 5.56 Å². The number of hydrogen-bond donors (Lipinski definition) is 1. The predicted molar refractivity (Wildman–Crippen MR) is 40.5 cm³/mol. The third kappa shape index (κ3) is 1.80. The molecule has 0 unspecified atom stereocenters. The van der Waals surface area contributed by atoms with Gasteiger partial charge in [-0.3, -0.25) is 4.98 Å². The van der Waals surface area contributed by atoms with Crippen molar-refractivity contribution in [1.82, 2.24) is 4.98 Å². The topological polar surface area (TPSA) is 50.2 Å². The highest BCUT2D eigenvalue weighted by molar-refractivity contribution is 5.77. The number of nitrogens with zero attached hydrogens (tertiary/aromatic N) is 1. The van der Waals surface area contributed by atoms with Gasteiger partial charge >= 0.3 is 11.9 Å². The fourth-order valence-electron chi connectivity index (χ4n) is 0.850. The molecule has 0 aliphatic rings. The molecule has 0 fully saturated rings. The molecule has 0 atom stereocenters. The summed E-state index contributed by atoms with van der Waals surface area (Å²) in [5, 5.41) is 8.21. The van der Waals surface area contributed by atoms with Gasteiger partial charge in [0.25, 0.3) is 0 Å². The van der Waals surface area contributed by atoms with E-state index in [-0.39, 0.29) is 0 Å². The first-order chi connectivity index (χ1) is 5.94. The zero-order valence-corrected chi connectivity index (χ0v) is 6.79. The van der Waals surface area contributed by atoms with Crippen LogP contribution in [-0.2, 0) is 10.7 Å². The normalized spacial score (nSPS) is 11.3. The van der Waals surface area contributed by atoms with Crippen LogP contribution in [0.4, 0.5) is 8.78 Å². The van der Waals surface area contributed by atoms with Crippen LogP contribution in [0.5, 0.6) is 0 Å². The van der Waals surface area contributed by atoms with Gasteiger partial charge in [-0.15, -0.1) is 0 Å². The summed E-state index contributed by atoms with van der Waals surface area (Å²) in [6.45, 7) is 1.56. The van der Waals surface area contributed by atoms with Crippen molar-refractivity contribution in [2.45, 2.75) is 12.8 Å². The van der Waals surface area contributed by atoms with Gasteiger partial charge < -0.3 is 5.11 Å². The molecular formula is C8H7F2NO2. The van der Waals surface area contributed by atoms with Crippen LogP contribution in [0.2, 0.25) is 0 Å². The fourth-order valence-corrected chi connectivity index (χ4v) is 0.850. The second kappa shape index (κ2) is 3.08. The molecule has 0 bridgehead atoms. The Hall–Kier alpha value is -1.52. The van der Waals surface area contributed by atoms with Gasteiger partial charge in [-0.05, 0) is 18.6 Å². The van der Waals surface area contributed by atoms with Crippen molar-refractivity contribution in [2.75, 3.05) is 0 Å². The van der Waals surface area contributed by atoms with Crippen molar-refractivity contribution < 1.29 is 18.7 Å². The Morgan fingerprint density at radius 3 is 2.62 bits per heavy atom. The molecule has 0 aliphatic heterocycles. The van der Waals surface area contributed by atoms with E-state index in [0.717, 1.165) is 12.3 Å². The Morgan fingerprint density at radius 2 is 2.15 bits per heavy atom. The van der Waals surface area contributed by atoms with Crippen LogP contribution < -0.4 is 0 Å². The van der Waals surface area contributed by atoms with E-state index in [2.05, 4.69) is 4.98 Å². The first kappa shape index (κ1) is 9.57. The molecule has 0 aliphatic carbocycles. The van der Waals surface area contributed by atoms with Crippen molar-refractivity contribution >= 4 is 5.97 Å². The van der Waals surface area contributed by atoms with E-state index >= 15 is 0 Å². The Bertz CT molecular complexity index is 339. The maximum atomic E-state index is 12.8. The van der Waals surface area contributed by atoms with Crippen LogP contribution >= 0.6 is 0 Å². The zero-order valence-electron chi connectivity index (χ0n) is 6.79. The van der Waals surface area contributed by atoms with Crippen LogP contribution in [0.15, 0.2) is 18.5 Å². The lowest BCUT2D eigenvalue weighted by molar-refractivity contribution is -0.166. The number of halogens is 2. The summed E-state index contributed by atoms with van der Waals surface area (Å²) in [6.07, 6.45) is 2.22. The number of aryl methyl sites for hydroxylation is 1. The second-order valence-corrected chi connectivity index (χ2v) is 2.63. The fraction of sp³-hybridized carbons (Fsp3) is 0.250. The van der Waals surface area contributed by atoms with Crippen molar-refractivity contribution in [3.05, 3.63) is 29.6 Å². The quantitative estimate of drug-likeness (QED) is 0.764. The minimum Gasteiger partial charge on any atom is -0.477 e.